The highest BCUT2D eigenvalue weighted by atomic mass is 35.5. The Labute approximate surface area is 120 Å². The smallest absolute Gasteiger partial charge is 0.139 e. The molecule has 2 aromatic carbocycles. The van der Waals surface area contributed by atoms with Gasteiger partial charge in [0, 0.05) is 16.1 Å². The first kappa shape index (κ1) is 13.1. The predicted octanol–water partition coefficient (Wildman–Crippen LogP) is 4.42. The minimum Gasteiger partial charge on any atom is -0.457 e. The predicted molar refractivity (Wildman–Crippen MR) is 78.9 cm³/mol. The van der Waals surface area contributed by atoms with E-state index in [4.69, 9.17) is 45.9 Å². The maximum atomic E-state index is 5.93. The molecule has 5 heteroatoms. The van der Waals surface area contributed by atoms with Crippen LogP contribution in [0.4, 0.5) is 0 Å². The summed E-state index contributed by atoms with van der Waals surface area (Å²) in [5.41, 5.74) is 6.27. The molecule has 0 radical (unpaired) electrons. The molecule has 0 aliphatic rings. The molecule has 0 saturated heterocycles. The largest absolute Gasteiger partial charge is 0.457 e. The highest BCUT2D eigenvalue weighted by molar-refractivity contribution is 7.80. The van der Waals surface area contributed by atoms with Crippen LogP contribution in [-0.2, 0) is 0 Å². The van der Waals surface area contributed by atoms with Crippen LogP contribution in [-0.4, -0.2) is 4.99 Å². The summed E-state index contributed by atoms with van der Waals surface area (Å²) >= 11 is 16.7. The number of nitrogens with two attached hydrogens (primary N) is 1. The summed E-state index contributed by atoms with van der Waals surface area (Å²) in [6.07, 6.45) is 0. The van der Waals surface area contributed by atoms with E-state index in [1.54, 1.807) is 42.5 Å². The van der Waals surface area contributed by atoms with Crippen LogP contribution in [0.3, 0.4) is 0 Å². The van der Waals surface area contributed by atoms with Crippen molar-refractivity contribution >= 4 is 40.4 Å². The van der Waals surface area contributed by atoms with Crippen LogP contribution >= 0.6 is 35.4 Å². The lowest BCUT2D eigenvalue weighted by atomic mass is 10.2. The van der Waals surface area contributed by atoms with Gasteiger partial charge in [-0.05, 0) is 36.4 Å². The molecule has 18 heavy (non-hydrogen) atoms. The van der Waals surface area contributed by atoms with Crippen molar-refractivity contribution in [2.45, 2.75) is 0 Å². The van der Waals surface area contributed by atoms with Gasteiger partial charge in [0.15, 0.2) is 0 Å². The monoisotopic (exact) mass is 297 g/mol. The van der Waals surface area contributed by atoms with Crippen molar-refractivity contribution in [3.8, 4) is 11.5 Å². The highest BCUT2D eigenvalue weighted by Crippen LogP contribution is 2.29. The lowest BCUT2D eigenvalue weighted by Gasteiger charge is -2.10. The van der Waals surface area contributed by atoms with Crippen LogP contribution in [0.15, 0.2) is 42.5 Å². The van der Waals surface area contributed by atoms with Crippen molar-refractivity contribution in [2.75, 3.05) is 0 Å². The SMILES string of the molecule is NC(=S)c1ccc(Cl)cc1Oc1ccc(Cl)cc1. The van der Waals surface area contributed by atoms with Crippen LogP contribution in [0, 0.1) is 0 Å². The molecule has 0 aromatic heterocycles. The van der Waals surface area contributed by atoms with Gasteiger partial charge < -0.3 is 10.5 Å². The molecule has 2 rings (SSSR count). The minimum absolute atomic E-state index is 0.260. The molecule has 0 aliphatic heterocycles. The molecule has 2 nitrogen and oxygen atoms in total. The van der Waals surface area contributed by atoms with E-state index in [1.165, 1.54) is 0 Å². The maximum absolute atomic E-state index is 5.93. The van der Waals surface area contributed by atoms with Crippen molar-refractivity contribution in [3.05, 3.63) is 58.1 Å². The first-order valence-electron chi connectivity index (χ1n) is 5.09. The summed E-state index contributed by atoms with van der Waals surface area (Å²) in [5.74, 6) is 1.16. The van der Waals surface area contributed by atoms with Crippen molar-refractivity contribution in [3.63, 3.8) is 0 Å². The second-order valence-electron chi connectivity index (χ2n) is 3.56. The van der Waals surface area contributed by atoms with Gasteiger partial charge in [0.05, 0.1) is 5.56 Å². The quantitative estimate of drug-likeness (QED) is 0.852. The van der Waals surface area contributed by atoms with Gasteiger partial charge in [0.1, 0.15) is 16.5 Å². The van der Waals surface area contributed by atoms with Crippen molar-refractivity contribution in [2.24, 2.45) is 5.73 Å². The van der Waals surface area contributed by atoms with Crippen LogP contribution in [0.2, 0.25) is 10.0 Å². The molecule has 0 spiro atoms. The average Bonchev–Trinajstić information content (AvgIpc) is 2.32. The van der Waals surface area contributed by atoms with Gasteiger partial charge in [-0.1, -0.05) is 35.4 Å². The molecule has 92 valence electrons. The molecule has 0 heterocycles. The number of ether oxygens (including phenoxy) is 1. The van der Waals surface area contributed by atoms with E-state index in [9.17, 15) is 0 Å². The third-order valence-corrected chi connectivity index (χ3v) is 2.96. The second kappa shape index (κ2) is 5.57. The average molecular weight is 298 g/mol. The van der Waals surface area contributed by atoms with Crippen LogP contribution in [0.5, 0.6) is 11.5 Å². The Balaban J connectivity index is 2.35. The summed E-state index contributed by atoms with van der Waals surface area (Å²) in [6.45, 7) is 0. The zero-order valence-corrected chi connectivity index (χ0v) is 11.5. The van der Waals surface area contributed by atoms with E-state index in [2.05, 4.69) is 0 Å². The van der Waals surface area contributed by atoms with Crippen LogP contribution < -0.4 is 10.5 Å². The highest BCUT2D eigenvalue weighted by Gasteiger charge is 2.08. The number of hydrogen-bond acceptors (Lipinski definition) is 2. The molecular formula is C13H9Cl2NOS. The minimum atomic E-state index is 0.260. The van der Waals surface area contributed by atoms with E-state index in [1.807, 2.05) is 0 Å². The van der Waals surface area contributed by atoms with Gasteiger partial charge in [0.25, 0.3) is 0 Å². The lowest BCUT2D eigenvalue weighted by Crippen LogP contribution is -2.10. The topological polar surface area (TPSA) is 35.2 Å². The summed E-state index contributed by atoms with van der Waals surface area (Å²) < 4.78 is 5.70. The zero-order chi connectivity index (χ0) is 13.1. The Kier molecular flexibility index (Phi) is 4.07. The van der Waals surface area contributed by atoms with Crippen molar-refractivity contribution in [1.82, 2.24) is 0 Å². The van der Waals surface area contributed by atoms with E-state index >= 15 is 0 Å². The van der Waals surface area contributed by atoms with E-state index < -0.39 is 0 Å². The number of rotatable bonds is 3. The lowest BCUT2D eigenvalue weighted by molar-refractivity contribution is 0.482. The number of benzene rings is 2. The number of halogens is 2. The van der Waals surface area contributed by atoms with Gasteiger partial charge in [-0.25, -0.2) is 0 Å². The molecule has 0 amide bonds. The fourth-order valence-electron chi connectivity index (χ4n) is 1.41. The Morgan fingerprint density at radius 2 is 1.61 bits per heavy atom. The van der Waals surface area contributed by atoms with Gasteiger partial charge >= 0.3 is 0 Å². The molecule has 2 aromatic rings. The summed E-state index contributed by atoms with van der Waals surface area (Å²) in [6, 6.07) is 12.1. The molecule has 0 bridgehead atoms. The maximum Gasteiger partial charge on any atom is 0.139 e. The van der Waals surface area contributed by atoms with Gasteiger partial charge in [-0.15, -0.1) is 0 Å². The fraction of sp³-hybridized carbons (Fsp3) is 0. The number of hydrogen-bond donors (Lipinski definition) is 1. The summed E-state index contributed by atoms with van der Waals surface area (Å²) in [5, 5.41) is 1.20. The standard InChI is InChI=1S/C13H9Cl2NOS/c14-8-1-4-10(5-2-8)17-12-7-9(15)3-6-11(12)13(16)18/h1-7H,(H2,16,18). The molecule has 0 unspecified atom stereocenters. The zero-order valence-electron chi connectivity index (χ0n) is 9.19. The third-order valence-electron chi connectivity index (χ3n) is 2.25. The molecule has 2 N–H and O–H groups in total. The Hall–Kier alpha value is -1.29. The van der Waals surface area contributed by atoms with E-state index in [-0.39, 0.29) is 4.99 Å². The Bertz CT molecular complexity index is 584. The molecule has 0 saturated carbocycles. The van der Waals surface area contributed by atoms with Crippen molar-refractivity contribution in [1.29, 1.82) is 0 Å². The van der Waals surface area contributed by atoms with Gasteiger partial charge in [0.2, 0.25) is 0 Å². The van der Waals surface area contributed by atoms with Gasteiger partial charge in [-0.2, -0.15) is 0 Å². The third kappa shape index (κ3) is 3.13. The Morgan fingerprint density at radius 1 is 1.00 bits per heavy atom. The van der Waals surface area contributed by atoms with Crippen LogP contribution in [0.1, 0.15) is 5.56 Å². The first-order chi connectivity index (χ1) is 8.56. The fourth-order valence-corrected chi connectivity index (χ4v) is 1.87. The summed E-state index contributed by atoms with van der Waals surface area (Å²) in [4.78, 5) is 0.260. The second-order valence-corrected chi connectivity index (χ2v) is 4.87. The van der Waals surface area contributed by atoms with Crippen LogP contribution in [0.25, 0.3) is 0 Å². The Morgan fingerprint density at radius 3 is 2.22 bits per heavy atom. The molecule has 0 fully saturated rings. The number of thiocarbonyl (C=S) groups is 1. The summed E-state index contributed by atoms with van der Waals surface area (Å²) in [7, 11) is 0. The molecule has 0 atom stereocenters. The normalized spacial score (nSPS) is 10.1. The first-order valence-corrected chi connectivity index (χ1v) is 6.25. The van der Waals surface area contributed by atoms with Gasteiger partial charge in [-0.3, -0.25) is 0 Å². The molecule has 0 aliphatic carbocycles. The van der Waals surface area contributed by atoms with E-state index in [0.29, 0.717) is 27.1 Å². The molecular weight excluding hydrogens is 289 g/mol. The van der Waals surface area contributed by atoms with Crippen molar-refractivity contribution < 1.29 is 4.74 Å². The van der Waals surface area contributed by atoms with E-state index in [0.717, 1.165) is 0 Å².